The van der Waals surface area contributed by atoms with Crippen molar-refractivity contribution in [2.45, 2.75) is 45.1 Å². The predicted octanol–water partition coefficient (Wildman–Crippen LogP) is 2.50. The highest BCUT2D eigenvalue weighted by atomic mass is 16.3. The van der Waals surface area contributed by atoms with E-state index in [2.05, 4.69) is 13.0 Å². The summed E-state index contributed by atoms with van der Waals surface area (Å²) in [6, 6.07) is 0. The first-order chi connectivity index (χ1) is 5.77. The number of hydrogen-bond donors (Lipinski definition) is 1. The van der Waals surface area contributed by atoms with Gasteiger partial charge in [0.15, 0.2) is 0 Å². The van der Waals surface area contributed by atoms with E-state index in [1.54, 1.807) is 5.57 Å². The molecule has 12 heavy (non-hydrogen) atoms. The van der Waals surface area contributed by atoms with Gasteiger partial charge in [0.05, 0.1) is 6.10 Å². The lowest BCUT2D eigenvalue weighted by Gasteiger charge is -2.35. The maximum Gasteiger partial charge on any atom is 0.0605 e. The van der Waals surface area contributed by atoms with Crippen molar-refractivity contribution in [1.29, 1.82) is 0 Å². The van der Waals surface area contributed by atoms with E-state index in [0.29, 0.717) is 5.92 Å². The van der Waals surface area contributed by atoms with Gasteiger partial charge in [-0.1, -0.05) is 18.6 Å². The maximum absolute atomic E-state index is 9.78. The van der Waals surface area contributed by atoms with Crippen molar-refractivity contribution in [3.8, 4) is 0 Å². The molecule has 1 saturated carbocycles. The van der Waals surface area contributed by atoms with Crippen molar-refractivity contribution in [1.82, 2.24) is 0 Å². The Kier molecular flexibility index (Phi) is 2.22. The summed E-state index contributed by atoms with van der Waals surface area (Å²) in [5, 5.41) is 9.78. The third-order valence-electron chi connectivity index (χ3n) is 3.34. The lowest BCUT2D eigenvalue weighted by molar-refractivity contribution is 0.0815. The topological polar surface area (TPSA) is 20.2 Å². The molecule has 0 aromatic carbocycles. The van der Waals surface area contributed by atoms with Gasteiger partial charge in [0.1, 0.15) is 0 Å². The van der Waals surface area contributed by atoms with Crippen molar-refractivity contribution in [3.05, 3.63) is 11.6 Å². The van der Waals surface area contributed by atoms with Crippen molar-refractivity contribution in [2.24, 2.45) is 11.8 Å². The average Bonchev–Trinajstić information content (AvgIpc) is 2.07. The number of hydrogen-bond acceptors (Lipinski definition) is 1. The number of fused-ring (bicyclic) bond motifs is 1. The van der Waals surface area contributed by atoms with Gasteiger partial charge in [-0.3, -0.25) is 0 Å². The quantitative estimate of drug-likeness (QED) is 0.548. The Balaban J connectivity index is 2.13. The molecule has 1 nitrogen and oxygen atoms in total. The Bertz CT molecular complexity index is 195. The Hall–Kier alpha value is -0.300. The SMILES string of the molecule is C[C@H]1CC=C2CCC[C@@H](O)[C@H]2C1. The highest BCUT2D eigenvalue weighted by Crippen LogP contribution is 2.38. The van der Waals surface area contributed by atoms with E-state index in [9.17, 15) is 5.11 Å². The van der Waals surface area contributed by atoms with Crippen LogP contribution in [0.2, 0.25) is 0 Å². The van der Waals surface area contributed by atoms with Crippen LogP contribution in [-0.4, -0.2) is 11.2 Å². The molecule has 2 aliphatic rings. The molecular formula is C11H18O. The second kappa shape index (κ2) is 3.21. The van der Waals surface area contributed by atoms with Gasteiger partial charge in [0.25, 0.3) is 0 Å². The van der Waals surface area contributed by atoms with Crippen molar-refractivity contribution in [3.63, 3.8) is 0 Å². The number of aliphatic hydroxyl groups excluding tert-OH is 1. The first-order valence-electron chi connectivity index (χ1n) is 5.14. The summed E-state index contributed by atoms with van der Waals surface area (Å²) in [6.45, 7) is 2.29. The minimum Gasteiger partial charge on any atom is -0.393 e. The molecule has 1 N–H and O–H groups in total. The first-order valence-corrected chi connectivity index (χ1v) is 5.14. The van der Waals surface area contributed by atoms with E-state index in [-0.39, 0.29) is 6.10 Å². The van der Waals surface area contributed by atoms with E-state index in [4.69, 9.17) is 0 Å². The van der Waals surface area contributed by atoms with Gasteiger partial charge in [0, 0.05) is 5.92 Å². The summed E-state index contributed by atoms with van der Waals surface area (Å²) in [6.07, 6.45) is 8.25. The fourth-order valence-corrected chi connectivity index (χ4v) is 2.59. The third-order valence-corrected chi connectivity index (χ3v) is 3.34. The molecule has 1 fully saturated rings. The van der Waals surface area contributed by atoms with E-state index >= 15 is 0 Å². The van der Waals surface area contributed by atoms with Crippen LogP contribution in [-0.2, 0) is 0 Å². The third kappa shape index (κ3) is 1.42. The summed E-state index contributed by atoms with van der Waals surface area (Å²) in [5.74, 6) is 1.30. The summed E-state index contributed by atoms with van der Waals surface area (Å²) in [5.41, 5.74) is 1.55. The molecule has 2 aliphatic carbocycles. The number of aliphatic hydroxyl groups is 1. The standard InChI is InChI=1S/C11H18O/c1-8-5-6-9-3-2-4-11(12)10(9)7-8/h6,8,10-12H,2-5,7H2,1H3/t8-,10-,11+/m0/s1. The Morgan fingerprint density at radius 3 is 3.17 bits per heavy atom. The molecule has 68 valence electrons. The Labute approximate surface area is 74.5 Å². The van der Waals surface area contributed by atoms with Gasteiger partial charge < -0.3 is 5.11 Å². The number of allylic oxidation sites excluding steroid dienone is 1. The van der Waals surface area contributed by atoms with Gasteiger partial charge in [0.2, 0.25) is 0 Å². The smallest absolute Gasteiger partial charge is 0.0605 e. The van der Waals surface area contributed by atoms with Gasteiger partial charge in [-0.2, -0.15) is 0 Å². The molecule has 0 aromatic heterocycles. The minimum absolute atomic E-state index is 0.0345. The number of rotatable bonds is 0. The summed E-state index contributed by atoms with van der Waals surface area (Å²) >= 11 is 0. The second-order valence-corrected chi connectivity index (χ2v) is 4.42. The van der Waals surface area contributed by atoms with E-state index < -0.39 is 0 Å². The lowest BCUT2D eigenvalue weighted by atomic mass is 9.73. The Morgan fingerprint density at radius 2 is 2.33 bits per heavy atom. The first kappa shape index (κ1) is 8.31. The largest absolute Gasteiger partial charge is 0.393 e. The van der Waals surface area contributed by atoms with Crippen molar-refractivity contribution in [2.75, 3.05) is 0 Å². The van der Waals surface area contributed by atoms with Gasteiger partial charge in [-0.05, 0) is 38.0 Å². The van der Waals surface area contributed by atoms with Crippen LogP contribution in [0.3, 0.4) is 0 Å². The van der Waals surface area contributed by atoms with Crippen LogP contribution in [0, 0.1) is 11.8 Å². The molecule has 1 heteroatoms. The monoisotopic (exact) mass is 166 g/mol. The molecule has 2 rings (SSSR count). The molecule has 0 amide bonds. The molecule has 0 unspecified atom stereocenters. The van der Waals surface area contributed by atoms with Gasteiger partial charge in [-0.15, -0.1) is 0 Å². The summed E-state index contributed by atoms with van der Waals surface area (Å²) < 4.78 is 0. The molecular weight excluding hydrogens is 148 g/mol. The zero-order valence-corrected chi connectivity index (χ0v) is 7.79. The molecule has 0 bridgehead atoms. The highest BCUT2D eigenvalue weighted by molar-refractivity contribution is 5.15. The maximum atomic E-state index is 9.78. The van der Waals surface area contributed by atoms with Crippen LogP contribution < -0.4 is 0 Å². The highest BCUT2D eigenvalue weighted by Gasteiger charge is 2.30. The van der Waals surface area contributed by atoms with E-state index in [0.717, 1.165) is 12.3 Å². The molecule has 3 atom stereocenters. The average molecular weight is 166 g/mol. The van der Waals surface area contributed by atoms with Crippen LogP contribution in [0.4, 0.5) is 0 Å². The lowest BCUT2D eigenvalue weighted by Crippen LogP contribution is -2.30. The van der Waals surface area contributed by atoms with Gasteiger partial charge >= 0.3 is 0 Å². The fourth-order valence-electron chi connectivity index (χ4n) is 2.59. The molecule has 0 spiro atoms. The van der Waals surface area contributed by atoms with Crippen LogP contribution in [0.1, 0.15) is 39.0 Å². The van der Waals surface area contributed by atoms with Crippen LogP contribution >= 0.6 is 0 Å². The van der Waals surface area contributed by atoms with Gasteiger partial charge in [-0.25, -0.2) is 0 Å². The van der Waals surface area contributed by atoms with Crippen molar-refractivity contribution < 1.29 is 5.11 Å². The molecule has 0 heterocycles. The zero-order valence-electron chi connectivity index (χ0n) is 7.79. The summed E-state index contributed by atoms with van der Waals surface area (Å²) in [7, 11) is 0. The minimum atomic E-state index is -0.0345. The van der Waals surface area contributed by atoms with Crippen molar-refractivity contribution >= 4 is 0 Å². The molecule has 0 aromatic rings. The fraction of sp³-hybridized carbons (Fsp3) is 0.818. The van der Waals surface area contributed by atoms with Crippen LogP contribution in [0.15, 0.2) is 11.6 Å². The van der Waals surface area contributed by atoms with E-state index in [1.807, 2.05) is 0 Å². The predicted molar refractivity (Wildman–Crippen MR) is 49.8 cm³/mol. The summed E-state index contributed by atoms with van der Waals surface area (Å²) in [4.78, 5) is 0. The molecule has 0 radical (unpaired) electrons. The molecule has 0 aliphatic heterocycles. The van der Waals surface area contributed by atoms with E-state index in [1.165, 1.54) is 25.7 Å². The van der Waals surface area contributed by atoms with Crippen LogP contribution in [0.5, 0.6) is 0 Å². The zero-order chi connectivity index (χ0) is 8.55. The van der Waals surface area contributed by atoms with Crippen LogP contribution in [0.25, 0.3) is 0 Å². The second-order valence-electron chi connectivity index (χ2n) is 4.42. The Morgan fingerprint density at radius 1 is 1.50 bits per heavy atom. The molecule has 0 saturated heterocycles. The normalized spacial score (nSPS) is 41.8.